The minimum Gasteiger partial charge on any atom is -0.300 e. The molecule has 0 fully saturated rings. The zero-order chi connectivity index (χ0) is 13.8. The van der Waals surface area contributed by atoms with Gasteiger partial charge in [0.1, 0.15) is 5.78 Å². The van der Waals surface area contributed by atoms with Crippen molar-refractivity contribution in [2.45, 2.75) is 13.3 Å². The summed E-state index contributed by atoms with van der Waals surface area (Å²) >= 11 is 0. The Hall–Kier alpha value is -2.56. The van der Waals surface area contributed by atoms with Crippen LogP contribution in [-0.4, -0.2) is 15.7 Å². The number of hydrogen-bond donors (Lipinski definition) is 0. The van der Waals surface area contributed by atoms with Crippen LogP contribution in [0.15, 0.2) is 42.7 Å². The number of aromatic nitrogens is 1. The molecular weight excluding hydrogens is 244 g/mol. The summed E-state index contributed by atoms with van der Waals surface area (Å²) in [6.45, 7) is 1.42. The number of ketones is 1. The number of nitrogens with zero attached hydrogens (tertiary/aromatic N) is 2. The lowest BCUT2D eigenvalue weighted by atomic mass is 9.95. The van der Waals surface area contributed by atoms with Gasteiger partial charge in [-0.05, 0) is 30.2 Å². The molecule has 0 N–H and O–H groups in total. The summed E-state index contributed by atoms with van der Waals surface area (Å²) in [6.07, 6.45) is 3.28. The Morgan fingerprint density at radius 3 is 2.53 bits per heavy atom. The molecular formula is C14H12N2O3. The van der Waals surface area contributed by atoms with Crippen molar-refractivity contribution in [2.75, 3.05) is 0 Å². The fourth-order valence-electron chi connectivity index (χ4n) is 1.98. The SMILES string of the molecule is CC(=O)Cc1c(-c2ccncc2)cccc1[N+](=O)[O-]. The van der Waals surface area contributed by atoms with E-state index in [0.717, 1.165) is 5.56 Å². The Bertz CT molecular complexity index is 624. The van der Waals surface area contributed by atoms with Crippen LogP contribution in [0.4, 0.5) is 5.69 Å². The van der Waals surface area contributed by atoms with E-state index in [9.17, 15) is 14.9 Å². The molecule has 0 bridgehead atoms. The van der Waals surface area contributed by atoms with Gasteiger partial charge in [0.2, 0.25) is 0 Å². The first-order valence-electron chi connectivity index (χ1n) is 5.75. The molecule has 0 aliphatic heterocycles. The van der Waals surface area contributed by atoms with E-state index in [0.29, 0.717) is 11.1 Å². The first kappa shape index (κ1) is 12.9. The van der Waals surface area contributed by atoms with E-state index < -0.39 is 4.92 Å². The van der Waals surface area contributed by atoms with Crippen molar-refractivity contribution in [3.8, 4) is 11.1 Å². The largest absolute Gasteiger partial charge is 0.300 e. The van der Waals surface area contributed by atoms with E-state index in [1.54, 1.807) is 36.7 Å². The average molecular weight is 256 g/mol. The molecule has 19 heavy (non-hydrogen) atoms. The van der Waals surface area contributed by atoms with E-state index in [1.165, 1.54) is 13.0 Å². The molecule has 0 saturated carbocycles. The standard InChI is InChI=1S/C14H12N2O3/c1-10(17)9-13-12(11-5-7-15-8-6-11)3-2-4-14(13)16(18)19/h2-8H,9H2,1H3. The van der Waals surface area contributed by atoms with Gasteiger partial charge in [-0.15, -0.1) is 0 Å². The molecule has 96 valence electrons. The van der Waals surface area contributed by atoms with Gasteiger partial charge in [0, 0.05) is 30.4 Å². The maximum Gasteiger partial charge on any atom is 0.273 e. The Labute approximate surface area is 110 Å². The maximum atomic E-state index is 11.3. The van der Waals surface area contributed by atoms with Crippen molar-refractivity contribution >= 4 is 11.5 Å². The van der Waals surface area contributed by atoms with Gasteiger partial charge in [-0.2, -0.15) is 0 Å². The number of carbonyl (C=O) groups excluding carboxylic acids is 1. The minimum atomic E-state index is -0.455. The molecule has 1 aromatic heterocycles. The topological polar surface area (TPSA) is 73.1 Å². The second kappa shape index (κ2) is 5.39. The molecule has 0 atom stereocenters. The van der Waals surface area contributed by atoms with E-state index in [4.69, 9.17) is 0 Å². The number of benzene rings is 1. The van der Waals surface area contributed by atoms with E-state index >= 15 is 0 Å². The van der Waals surface area contributed by atoms with Gasteiger partial charge in [0.25, 0.3) is 5.69 Å². The Kier molecular flexibility index (Phi) is 3.66. The van der Waals surface area contributed by atoms with Crippen molar-refractivity contribution in [3.05, 3.63) is 58.4 Å². The number of carbonyl (C=O) groups is 1. The van der Waals surface area contributed by atoms with Gasteiger partial charge in [-0.3, -0.25) is 19.9 Å². The molecule has 2 rings (SSSR count). The van der Waals surface area contributed by atoms with Crippen molar-refractivity contribution in [2.24, 2.45) is 0 Å². The van der Waals surface area contributed by atoms with E-state index in [1.807, 2.05) is 0 Å². The maximum absolute atomic E-state index is 11.3. The first-order chi connectivity index (χ1) is 9.09. The normalized spacial score (nSPS) is 10.2. The molecule has 0 unspecified atom stereocenters. The molecule has 2 aromatic rings. The lowest BCUT2D eigenvalue weighted by molar-refractivity contribution is -0.385. The quantitative estimate of drug-likeness (QED) is 0.622. The van der Waals surface area contributed by atoms with E-state index in [-0.39, 0.29) is 17.9 Å². The first-order valence-corrected chi connectivity index (χ1v) is 5.75. The second-order valence-electron chi connectivity index (χ2n) is 4.18. The Balaban J connectivity index is 2.63. The number of nitro groups is 1. The van der Waals surface area contributed by atoms with E-state index in [2.05, 4.69) is 4.98 Å². The van der Waals surface area contributed by atoms with Crippen LogP contribution in [-0.2, 0) is 11.2 Å². The highest BCUT2D eigenvalue weighted by atomic mass is 16.6. The molecule has 1 aromatic carbocycles. The third-order valence-electron chi connectivity index (χ3n) is 2.77. The zero-order valence-electron chi connectivity index (χ0n) is 10.4. The van der Waals surface area contributed by atoms with Gasteiger partial charge in [-0.25, -0.2) is 0 Å². The van der Waals surface area contributed by atoms with Gasteiger partial charge in [-0.1, -0.05) is 12.1 Å². The molecule has 0 spiro atoms. The summed E-state index contributed by atoms with van der Waals surface area (Å²) < 4.78 is 0. The van der Waals surface area contributed by atoms with Crippen LogP contribution < -0.4 is 0 Å². The molecule has 0 saturated heterocycles. The zero-order valence-corrected chi connectivity index (χ0v) is 10.4. The average Bonchev–Trinajstić information content (AvgIpc) is 2.39. The second-order valence-corrected chi connectivity index (χ2v) is 4.18. The fraction of sp³-hybridized carbons (Fsp3) is 0.143. The number of rotatable bonds is 4. The molecule has 5 heteroatoms. The molecule has 0 radical (unpaired) electrons. The van der Waals surface area contributed by atoms with Gasteiger partial charge in [0.15, 0.2) is 0 Å². The summed E-state index contributed by atoms with van der Waals surface area (Å²) in [5.41, 5.74) is 1.94. The lowest BCUT2D eigenvalue weighted by Gasteiger charge is -2.08. The Morgan fingerprint density at radius 2 is 1.95 bits per heavy atom. The van der Waals surface area contributed by atoms with Gasteiger partial charge < -0.3 is 0 Å². The molecule has 5 nitrogen and oxygen atoms in total. The lowest BCUT2D eigenvalue weighted by Crippen LogP contribution is -2.03. The summed E-state index contributed by atoms with van der Waals surface area (Å²) in [7, 11) is 0. The van der Waals surface area contributed by atoms with Crippen molar-refractivity contribution < 1.29 is 9.72 Å². The molecule has 1 heterocycles. The van der Waals surface area contributed by atoms with Crippen LogP contribution >= 0.6 is 0 Å². The summed E-state index contributed by atoms with van der Waals surface area (Å²) in [5.74, 6) is -0.107. The third kappa shape index (κ3) is 2.82. The summed E-state index contributed by atoms with van der Waals surface area (Å²) in [4.78, 5) is 25.9. The van der Waals surface area contributed by atoms with Crippen molar-refractivity contribution in [1.29, 1.82) is 0 Å². The number of pyridine rings is 1. The highest BCUT2D eigenvalue weighted by molar-refractivity contribution is 5.84. The van der Waals surface area contributed by atoms with Crippen LogP contribution in [0, 0.1) is 10.1 Å². The molecule has 0 aliphatic rings. The number of nitro benzene ring substituents is 1. The smallest absolute Gasteiger partial charge is 0.273 e. The Morgan fingerprint density at radius 1 is 1.26 bits per heavy atom. The fourth-order valence-corrected chi connectivity index (χ4v) is 1.98. The van der Waals surface area contributed by atoms with Crippen LogP contribution in [0.25, 0.3) is 11.1 Å². The monoisotopic (exact) mass is 256 g/mol. The highest BCUT2D eigenvalue weighted by Crippen LogP contribution is 2.30. The van der Waals surface area contributed by atoms with Crippen molar-refractivity contribution in [1.82, 2.24) is 4.98 Å². The van der Waals surface area contributed by atoms with Gasteiger partial charge >= 0.3 is 0 Å². The minimum absolute atomic E-state index is 0.0236. The van der Waals surface area contributed by atoms with Crippen LogP contribution in [0.3, 0.4) is 0 Å². The highest BCUT2D eigenvalue weighted by Gasteiger charge is 2.19. The molecule has 0 aliphatic carbocycles. The molecule has 0 amide bonds. The summed E-state index contributed by atoms with van der Waals surface area (Å²) in [5, 5.41) is 11.1. The van der Waals surface area contributed by atoms with Crippen molar-refractivity contribution in [3.63, 3.8) is 0 Å². The summed E-state index contributed by atoms with van der Waals surface area (Å²) in [6, 6.07) is 8.35. The van der Waals surface area contributed by atoms with Crippen LogP contribution in [0.2, 0.25) is 0 Å². The predicted molar refractivity (Wildman–Crippen MR) is 70.7 cm³/mol. The van der Waals surface area contributed by atoms with Crippen LogP contribution in [0.5, 0.6) is 0 Å². The number of hydrogen-bond acceptors (Lipinski definition) is 4. The predicted octanol–water partition coefficient (Wildman–Crippen LogP) is 2.79. The number of Topliss-reactive ketones (excluding diaryl/α,β-unsaturated/α-hetero) is 1. The van der Waals surface area contributed by atoms with Gasteiger partial charge in [0.05, 0.1) is 4.92 Å². The third-order valence-corrected chi connectivity index (χ3v) is 2.77. The van der Waals surface area contributed by atoms with Crippen LogP contribution in [0.1, 0.15) is 12.5 Å².